The summed E-state index contributed by atoms with van der Waals surface area (Å²) in [5.74, 6) is 3.56. The summed E-state index contributed by atoms with van der Waals surface area (Å²) < 4.78 is 4.07. The zero-order valence-corrected chi connectivity index (χ0v) is 15.8. The molecule has 0 saturated carbocycles. The topological polar surface area (TPSA) is 68.8 Å². The van der Waals surface area contributed by atoms with E-state index in [-0.39, 0.29) is 5.91 Å². The number of hydrogen-bond acceptors (Lipinski definition) is 5. The predicted molar refractivity (Wildman–Crippen MR) is 98.6 cm³/mol. The molecule has 0 aromatic carbocycles. The highest BCUT2D eigenvalue weighted by molar-refractivity contribution is 7.98. The zero-order chi connectivity index (χ0) is 17.6. The molecule has 7 nitrogen and oxygen atoms in total. The molecule has 0 spiro atoms. The Morgan fingerprint density at radius 3 is 2.76 bits per heavy atom. The Morgan fingerprint density at radius 1 is 1.32 bits per heavy atom. The van der Waals surface area contributed by atoms with E-state index in [1.165, 1.54) is 0 Å². The van der Waals surface area contributed by atoms with Gasteiger partial charge in [0.05, 0.1) is 0 Å². The molecule has 3 heterocycles. The van der Waals surface area contributed by atoms with Crippen molar-refractivity contribution in [3.63, 3.8) is 0 Å². The molecule has 1 fully saturated rings. The van der Waals surface area contributed by atoms with E-state index in [0.29, 0.717) is 18.9 Å². The van der Waals surface area contributed by atoms with Gasteiger partial charge in [0.15, 0.2) is 5.82 Å². The molecule has 0 radical (unpaired) electrons. The Balaban J connectivity index is 1.63. The maximum atomic E-state index is 12.2. The van der Waals surface area contributed by atoms with Crippen molar-refractivity contribution in [1.82, 2.24) is 29.4 Å². The average molecular weight is 363 g/mol. The van der Waals surface area contributed by atoms with Crippen molar-refractivity contribution in [3.8, 4) is 0 Å². The maximum Gasteiger partial charge on any atom is 0.223 e. The van der Waals surface area contributed by atoms with Crippen molar-refractivity contribution in [2.45, 2.75) is 45.2 Å². The Bertz CT molecular complexity index is 675. The van der Waals surface area contributed by atoms with Gasteiger partial charge in [0.1, 0.15) is 12.4 Å². The molecular formula is C17H26N6OS. The van der Waals surface area contributed by atoms with Gasteiger partial charge in [0.25, 0.3) is 0 Å². The molecule has 8 heteroatoms. The number of carbonyl (C=O) groups excluding carboxylic acids is 1. The third kappa shape index (κ3) is 4.23. The second kappa shape index (κ2) is 8.51. The zero-order valence-electron chi connectivity index (χ0n) is 15.0. The quantitative estimate of drug-likeness (QED) is 0.753. The van der Waals surface area contributed by atoms with Gasteiger partial charge in [-0.05, 0) is 32.1 Å². The molecule has 0 aliphatic carbocycles. The largest absolute Gasteiger partial charge is 0.343 e. The molecule has 0 unspecified atom stereocenters. The lowest BCUT2D eigenvalue weighted by Gasteiger charge is -2.31. The van der Waals surface area contributed by atoms with E-state index in [1.807, 2.05) is 28.1 Å². The van der Waals surface area contributed by atoms with E-state index in [0.717, 1.165) is 49.9 Å². The van der Waals surface area contributed by atoms with Crippen LogP contribution in [0.15, 0.2) is 18.5 Å². The van der Waals surface area contributed by atoms with Crippen molar-refractivity contribution in [2.75, 3.05) is 25.1 Å². The van der Waals surface area contributed by atoms with Crippen molar-refractivity contribution in [3.05, 3.63) is 30.1 Å². The highest BCUT2D eigenvalue weighted by Crippen LogP contribution is 2.27. The average Bonchev–Trinajstić information content (AvgIpc) is 3.29. The first-order valence-electron chi connectivity index (χ1n) is 8.89. The van der Waals surface area contributed by atoms with Crippen LogP contribution < -0.4 is 0 Å². The van der Waals surface area contributed by atoms with Crippen LogP contribution in [0.3, 0.4) is 0 Å². The van der Waals surface area contributed by atoms with Crippen LogP contribution >= 0.6 is 11.8 Å². The van der Waals surface area contributed by atoms with Gasteiger partial charge < -0.3 is 9.47 Å². The van der Waals surface area contributed by atoms with Crippen molar-refractivity contribution < 1.29 is 4.79 Å². The van der Waals surface area contributed by atoms with E-state index in [2.05, 4.69) is 26.8 Å². The molecule has 2 aromatic rings. The number of carbonyl (C=O) groups is 1. The summed E-state index contributed by atoms with van der Waals surface area (Å²) in [6.45, 7) is 5.26. The minimum Gasteiger partial charge on any atom is -0.343 e. The molecule has 0 N–H and O–H groups in total. The highest BCUT2D eigenvalue weighted by atomic mass is 32.2. The Labute approximate surface area is 152 Å². The van der Waals surface area contributed by atoms with Gasteiger partial charge in [-0.3, -0.25) is 9.48 Å². The van der Waals surface area contributed by atoms with Gasteiger partial charge >= 0.3 is 0 Å². The second-order valence-electron chi connectivity index (χ2n) is 6.32. The summed E-state index contributed by atoms with van der Waals surface area (Å²) in [6.07, 6.45) is 8.32. The van der Waals surface area contributed by atoms with Gasteiger partial charge in [0.2, 0.25) is 5.91 Å². The van der Waals surface area contributed by atoms with Gasteiger partial charge in [-0.1, -0.05) is 0 Å². The maximum absolute atomic E-state index is 12.2. The third-order valence-electron chi connectivity index (χ3n) is 4.77. The van der Waals surface area contributed by atoms with Gasteiger partial charge in [-0.2, -0.15) is 16.9 Å². The molecule has 2 aromatic heterocycles. The number of likely N-dealkylation sites (tertiary alicyclic amines) is 1. The predicted octanol–water partition coefficient (Wildman–Crippen LogP) is 2.00. The minimum absolute atomic E-state index is 0.282. The van der Waals surface area contributed by atoms with Crippen LogP contribution in [-0.4, -0.2) is 60.5 Å². The molecule has 136 valence electrons. The fraction of sp³-hybridized carbons (Fsp3) is 0.647. The molecular weight excluding hydrogens is 336 g/mol. The summed E-state index contributed by atoms with van der Waals surface area (Å²) in [6, 6.07) is 1.91. The summed E-state index contributed by atoms with van der Waals surface area (Å²) >= 11 is 1.72. The van der Waals surface area contributed by atoms with E-state index in [9.17, 15) is 4.79 Å². The first-order valence-corrected chi connectivity index (χ1v) is 10.3. The lowest BCUT2D eigenvalue weighted by molar-refractivity contribution is -0.131. The minimum atomic E-state index is 0.282. The van der Waals surface area contributed by atoms with E-state index in [4.69, 9.17) is 0 Å². The monoisotopic (exact) mass is 362 g/mol. The Hall–Kier alpha value is -1.83. The lowest BCUT2D eigenvalue weighted by atomic mass is 9.95. The molecule has 0 atom stereocenters. The SMILES string of the molecule is CCn1c(Cn2cccn2)nnc1C1CCN(C(=O)CCSC)CC1. The van der Waals surface area contributed by atoms with E-state index in [1.54, 1.807) is 18.0 Å². The van der Waals surface area contributed by atoms with Crippen LogP contribution in [0.25, 0.3) is 0 Å². The highest BCUT2D eigenvalue weighted by Gasteiger charge is 2.27. The molecule has 1 saturated heterocycles. The number of hydrogen-bond donors (Lipinski definition) is 0. The summed E-state index contributed by atoms with van der Waals surface area (Å²) in [5.41, 5.74) is 0. The van der Waals surface area contributed by atoms with E-state index < -0.39 is 0 Å². The molecule has 0 bridgehead atoms. The van der Waals surface area contributed by atoms with Crippen molar-refractivity contribution in [2.24, 2.45) is 0 Å². The van der Waals surface area contributed by atoms with Crippen LogP contribution in [0, 0.1) is 0 Å². The summed E-state index contributed by atoms with van der Waals surface area (Å²) in [4.78, 5) is 14.2. The van der Waals surface area contributed by atoms with Crippen molar-refractivity contribution >= 4 is 17.7 Å². The van der Waals surface area contributed by atoms with Gasteiger partial charge in [0, 0.05) is 50.1 Å². The Kier molecular flexibility index (Phi) is 6.12. The standard InChI is InChI=1S/C17H26N6OS/c1-3-23-15(13-22-9-4-8-18-22)19-20-17(23)14-5-10-21(11-6-14)16(24)7-12-25-2/h4,8-9,14H,3,5-7,10-13H2,1-2H3. The normalized spacial score (nSPS) is 15.7. The molecule has 1 amide bonds. The van der Waals surface area contributed by atoms with Crippen molar-refractivity contribution in [1.29, 1.82) is 0 Å². The molecule has 25 heavy (non-hydrogen) atoms. The number of thioether (sulfide) groups is 1. The molecule has 1 aliphatic rings. The molecule has 1 aliphatic heterocycles. The first-order chi connectivity index (χ1) is 12.2. The Morgan fingerprint density at radius 2 is 2.12 bits per heavy atom. The lowest BCUT2D eigenvalue weighted by Crippen LogP contribution is -2.38. The van der Waals surface area contributed by atoms with Crippen LogP contribution in [0.5, 0.6) is 0 Å². The number of nitrogens with zero attached hydrogens (tertiary/aromatic N) is 6. The first kappa shape index (κ1) is 18.0. The van der Waals surface area contributed by atoms with Crippen LogP contribution in [0.2, 0.25) is 0 Å². The summed E-state index contributed by atoms with van der Waals surface area (Å²) in [5, 5.41) is 13.1. The van der Waals surface area contributed by atoms with Gasteiger partial charge in [-0.15, -0.1) is 10.2 Å². The van der Waals surface area contributed by atoms with Crippen LogP contribution in [-0.2, 0) is 17.9 Å². The number of aromatic nitrogens is 5. The fourth-order valence-corrected chi connectivity index (χ4v) is 3.76. The smallest absolute Gasteiger partial charge is 0.223 e. The molecule has 3 rings (SSSR count). The van der Waals surface area contributed by atoms with Gasteiger partial charge in [-0.25, -0.2) is 0 Å². The van der Waals surface area contributed by atoms with Crippen LogP contribution in [0.4, 0.5) is 0 Å². The van der Waals surface area contributed by atoms with Crippen LogP contribution in [0.1, 0.15) is 43.8 Å². The number of piperidine rings is 1. The third-order valence-corrected chi connectivity index (χ3v) is 5.38. The second-order valence-corrected chi connectivity index (χ2v) is 7.31. The van der Waals surface area contributed by atoms with E-state index >= 15 is 0 Å². The summed E-state index contributed by atoms with van der Waals surface area (Å²) in [7, 11) is 0. The fourth-order valence-electron chi connectivity index (χ4n) is 3.39. The number of rotatable bonds is 7. The number of amides is 1.